The Morgan fingerprint density at radius 2 is 1.22 bits per heavy atom. The van der Waals surface area contributed by atoms with Gasteiger partial charge in [-0.25, -0.2) is 4.79 Å². The van der Waals surface area contributed by atoms with E-state index < -0.39 is 27.9 Å². The predicted molar refractivity (Wildman–Crippen MR) is 159 cm³/mol. The molecule has 5 aromatic rings. The molecule has 210 valence electrons. The predicted octanol–water partition coefficient (Wildman–Crippen LogP) is 7.13. The number of ether oxygens (including phenoxy) is 1. The molecule has 5 aromatic carbocycles. The molecule has 0 saturated heterocycles. The number of fused-ring (bicyclic) bond motifs is 1. The molecule has 0 aliphatic rings. The van der Waals surface area contributed by atoms with Crippen LogP contribution in [-0.4, -0.2) is 30.8 Å². The fraction of sp³-hybridized carbons (Fsp3) is 0.0938. The molecule has 0 radical (unpaired) electrons. The number of carbonyl (C=O) groups excluding carboxylic acids is 1. The quantitative estimate of drug-likeness (QED) is 0.0896. The Labute approximate surface area is 241 Å². The molecule has 0 bridgehead atoms. The minimum Gasteiger partial charge on any atom is -0.454 e. The summed E-state index contributed by atoms with van der Waals surface area (Å²) in [5.74, 6) is -1.10. The van der Waals surface area contributed by atoms with Crippen molar-refractivity contribution in [3.05, 3.63) is 150 Å². The molecule has 0 fully saturated rings. The standard InChI is InChI=1S/C19H16S.C13H10F2O5S/c1-4-10-16(11-5-1)19(17-12-6-2-7-13-17)20-18-14-8-3-9-15-18;14-13(15,21(17,18)19)8-20-12(16)11-7-3-5-9-4-1-2-6-10(9)11/h1-15,19H;1-7H,8H2,(H,17,18,19)/p+1. The van der Waals surface area contributed by atoms with Gasteiger partial charge in [0, 0.05) is 22.9 Å². The van der Waals surface area contributed by atoms with Crippen LogP contribution in [0, 0.1) is 0 Å². The summed E-state index contributed by atoms with van der Waals surface area (Å²) in [6.45, 7) is -1.76. The van der Waals surface area contributed by atoms with Gasteiger partial charge in [-0.15, -0.1) is 0 Å². The Morgan fingerprint density at radius 3 is 1.78 bits per heavy atom. The molecule has 5 rings (SSSR count). The second-order valence-electron chi connectivity index (χ2n) is 8.90. The van der Waals surface area contributed by atoms with E-state index in [1.165, 1.54) is 33.9 Å². The molecule has 9 heteroatoms. The number of alkyl halides is 2. The number of hydrogen-bond acceptors (Lipinski definition) is 4. The lowest BCUT2D eigenvalue weighted by molar-refractivity contribution is -0.00937. The average Bonchev–Trinajstić information content (AvgIpc) is 2.99. The maximum Gasteiger partial charge on any atom is 0.402 e. The summed E-state index contributed by atoms with van der Waals surface area (Å²) in [7, 11) is -5.63. The highest BCUT2D eigenvalue weighted by Crippen LogP contribution is 2.29. The lowest BCUT2D eigenvalue weighted by Crippen LogP contribution is -2.34. The van der Waals surface area contributed by atoms with Crippen molar-refractivity contribution in [2.75, 3.05) is 6.61 Å². The minimum atomic E-state index is -5.63. The van der Waals surface area contributed by atoms with Gasteiger partial charge in [0.15, 0.2) is 16.8 Å². The van der Waals surface area contributed by atoms with Crippen LogP contribution in [0.2, 0.25) is 0 Å². The minimum absolute atomic E-state index is 0.0271. The molecule has 0 unspecified atom stereocenters. The molecule has 0 aliphatic heterocycles. The van der Waals surface area contributed by atoms with Gasteiger partial charge >= 0.3 is 21.3 Å². The van der Waals surface area contributed by atoms with Crippen LogP contribution in [0.3, 0.4) is 0 Å². The molecule has 0 saturated carbocycles. The fourth-order valence-electron chi connectivity index (χ4n) is 3.98. The van der Waals surface area contributed by atoms with Crippen LogP contribution >= 0.6 is 0 Å². The highest BCUT2D eigenvalue weighted by molar-refractivity contribution is 7.86. The Morgan fingerprint density at radius 1 is 0.732 bits per heavy atom. The second-order valence-corrected chi connectivity index (χ2v) is 11.7. The number of benzene rings is 5. The van der Waals surface area contributed by atoms with Gasteiger partial charge < -0.3 is 4.74 Å². The molecule has 0 amide bonds. The number of thiol groups is 1. The van der Waals surface area contributed by atoms with Gasteiger partial charge in [0.25, 0.3) is 0 Å². The van der Waals surface area contributed by atoms with Crippen LogP contribution in [-0.2, 0) is 26.6 Å². The van der Waals surface area contributed by atoms with Crippen LogP contribution in [0.5, 0.6) is 0 Å². The van der Waals surface area contributed by atoms with Gasteiger partial charge in [-0.3, -0.25) is 4.55 Å². The van der Waals surface area contributed by atoms with Gasteiger partial charge in [-0.05, 0) is 29.0 Å². The Kier molecular flexibility index (Phi) is 9.88. The van der Waals surface area contributed by atoms with Crippen LogP contribution in [0.25, 0.3) is 10.8 Å². The smallest absolute Gasteiger partial charge is 0.402 e. The summed E-state index contributed by atoms with van der Waals surface area (Å²) in [6.07, 6.45) is 0. The van der Waals surface area contributed by atoms with E-state index in [4.69, 9.17) is 4.55 Å². The zero-order valence-corrected chi connectivity index (χ0v) is 23.4. The molecular formula is C32H27F2O5S2+. The SMILES string of the molecule is O=C(OCC(F)(F)S(=O)(=O)O)c1cccc2ccccc12.c1ccc([SH+]C(c2ccccc2)c2ccccc2)cc1. The van der Waals surface area contributed by atoms with Crippen molar-refractivity contribution in [2.24, 2.45) is 0 Å². The monoisotopic (exact) mass is 593 g/mol. The number of esters is 1. The van der Waals surface area contributed by atoms with Crippen LogP contribution in [0.4, 0.5) is 8.78 Å². The highest BCUT2D eigenvalue weighted by Gasteiger charge is 2.45. The summed E-state index contributed by atoms with van der Waals surface area (Å²) in [4.78, 5) is 13.2. The Bertz CT molecular complexity index is 1640. The molecule has 41 heavy (non-hydrogen) atoms. The largest absolute Gasteiger partial charge is 0.454 e. The Balaban J connectivity index is 0.000000189. The van der Waals surface area contributed by atoms with Crippen molar-refractivity contribution in [3.8, 4) is 0 Å². The van der Waals surface area contributed by atoms with Crippen molar-refractivity contribution in [1.29, 1.82) is 0 Å². The van der Waals surface area contributed by atoms with E-state index in [-0.39, 0.29) is 5.56 Å². The topological polar surface area (TPSA) is 80.7 Å². The summed E-state index contributed by atoms with van der Waals surface area (Å²) in [6, 6.07) is 43.5. The van der Waals surface area contributed by atoms with E-state index in [1.54, 1.807) is 36.4 Å². The molecule has 1 N–H and O–H groups in total. The summed E-state index contributed by atoms with van der Waals surface area (Å²) in [5, 5.41) is -2.97. The van der Waals surface area contributed by atoms with E-state index in [1.807, 2.05) is 0 Å². The third-order valence-corrected chi connectivity index (χ3v) is 8.35. The molecule has 0 aromatic heterocycles. The van der Waals surface area contributed by atoms with E-state index in [0.717, 1.165) is 0 Å². The van der Waals surface area contributed by atoms with Crippen molar-refractivity contribution in [2.45, 2.75) is 15.4 Å². The molecule has 0 heterocycles. The van der Waals surface area contributed by atoms with Gasteiger partial charge in [0.05, 0.1) is 5.56 Å². The van der Waals surface area contributed by atoms with Crippen LogP contribution in [0.15, 0.2) is 138 Å². The first-order valence-corrected chi connectivity index (χ1v) is 14.9. The third kappa shape index (κ3) is 8.00. The van der Waals surface area contributed by atoms with Gasteiger partial charge in [-0.2, -0.15) is 17.2 Å². The lowest BCUT2D eigenvalue weighted by atomic mass is 10.0. The van der Waals surface area contributed by atoms with E-state index in [0.29, 0.717) is 16.0 Å². The van der Waals surface area contributed by atoms with Crippen molar-refractivity contribution >= 4 is 38.6 Å². The van der Waals surface area contributed by atoms with Crippen molar-refractivity contribution < 1.29 is 31.3 Å². The molecule has 5 nitrogen and oxygen atoms in total. The average molecular weight is 594 g/mol. The fourth-order valence-corrected chi connectivity index (χ4v) is 5.47. The maximum absolute atomic E-state index is 13.0. The maximum atomic E-state index is 13.0. The second kappa shape index (κ2) is 13.5. The molecule has 0 aliphatic carbocycles. The third-order valence-electron chi connectivity index (χ3n) is 6.02. The normalized spacial score (nSPS) is 11.5. The molecule has 0 spiro atoms. The van der Waals surface area contributed by atoms with Crippen molar-refractivity contribution in [3.63, 3.8) is 0 Å². The number of carbonyl (C=O) groups is 1. The van der Waals surface area contributed by atoms with E-state index in [2.05, 4.69) is 95.7 Å². The number of halogens is 2. The number of hydrogen-bond donors (Lipinski definition) is 1. The zero-order chi connectivity index (χ0) is 29.3. The highest BCUT2D eigenvalue weighted by atomic mass is 32.2. The summed E-state index contributed by atoms with van der Waals surface area (Å²) >= 11 is 1.32. The summed E-state index contributed by atoms with van der Waals surface area (Å²) < 4.78 is 59.5. The van der Waals surface area contributed by atoms with E-state index >= 15 is 0 Å². The molecular weight excluding hydrogens is 566 g/mol. The first-order valence-electron chi connectivity index (χ1n) is 12.5. The van der Waals surface area contributed by atoms with Crippen molar-refractivity contribution in [1.82, 2.24) is 0 Å². The van der Waals surface area contributed by atoms with Gasteiger partial charge in [0.2, 0.25) is 0 Å². The van der Waals surface area contributed by atoms with Crippen LogP contribution in [0.1, 0.15) is 26.7 Å². The molecule has 0 atom stereocenters. The first kappa shape index (κ1) is 29.9. The summed E-state index contributed by atoms with van der Waals surface area (Å²) in [5.41, 5.74) is 2.76. The lowest BCUT2D eigenvalue weighted by Gasteiger charge is -2.13. The Hall–Kier alpha value is -4.05. The van der Waals surface area contributed by atoms with E-state index in [9.17, 15) is 22.0 Å². The van der Waals surface area contributed by atoms with Crippen LogP contribution < -0.4 is 0 Å². The van der Waals surface area contributed by atoms with Gasteiger partial charge in [-0.1, -0.05) is 115 Å². The zero-order valence-electron chi connectivity index (χ0n) is 21.7. The first-order chi connectivity index (χ1) is 19.7. The van der Waals surface area contributed by atoms with Gasteiger partial charge in [0.1, 0.15) is 0 Å². The number of rotatable bonds is 8.